The number of fused-ring (bicyclic) bond motifs is 1. The van der Waals surface area contributed by atoms with E-state index in [9.17, 15) is 0 Å². The van der Waals surface area contributed by atoms with E-state index in [1.54, 1.807) is 23.1 Å². The van der Waals surface area contributed by atoms with Crippen molar-refractivity contribution in [2.45, 2.75) is 6.54 Å². The third-order valence-electron chi connectivity index (χ3n) is 2.71. The molecule has 1 aromatic carbocycles. The Hall–Kier alpha value is -1.99. The number of hydrogen-bond acceptors (Lipinski definition) is 6. The Bertz CT molecular complexity index is 705. The topological polar surface area (TPSA) is 78.9 Å². The predicted octanol–water partition coefficient (Wildman–Crippen LogP) is 1.52. The fourth-order valence-electron chi connectivity index (χ4n) is 1.78. The summed E-state index contributed by atoms with van der Waals surface area (Å²) in [5.74, 6) is 0.828. The molecular weight excluding hydrogens is 262 g/mol. The number of nitrogens with zero attached hydrogens (tertiary/aromatic N) is 4. The molecule has 6 nitrogen and oxygen atoms in total. The standard InChI is InChI=1S/C12H13N5OS/c1-18-8-2-3-9-11(6-8)19-12(14-9)10-7-17(5-4-13)16-15-10/h2-3,6-7H,4-5,13H2,1H3. The van der Waals surface area contributed by atoms with Crippen molar-refractivity contribution in [3.8, 4) is 16.5 Å². The van der Waals surface area contributed by atoms with E-state index in [0.29, 0.717) is 13.1 Å². The zero-order valence-corrected chi connectivity index (χ0v) is 11.2. The largest absolute Gasteiger partial charge is 0.497 e. The number of ether oxygens (including phenoxy) is 1. The lowest BCUT2D eigenvalue weighted by Gasteiger charge is -1.96. The maximum atomic E-state index is 5.49. The molecule has 0 bridgehead atoms. The van der Waals surface area contributed by atoms with Gasteiger partial charge in [0.25, 0.3) is 0 Å². The van der Waals surface area contributed by atoms with Crippen molar-refractivity contribution >= 4 is 21.6 Å². The highest BCUT2D eigenvalue weighted by Gasteiger charge is 2.10. The molecule has 0 amide bonds. The van der Waals surface area contributed by atoms with Crippen molar-refractivity contribution in [1.29, 1.82) is 0 Å². The summed E-state index contributed by atoms with van der Waals surface area (Å²) < 4.78 is 8.00. The minimum Gasteiger partial charge on any atom is -0.497 e. The predicted molar refractivity (Wildman–Crippen MR) is 74.2 cm³/mol. The van der Waals surface area contributed by atoms with Gasteiger partial charge < -0.3 is 10.5 Å². The lowest BCUT2D eigenvalue weighted by molar-refractivity contribution is 0.415. The number of methoxy groups -OCH3 is 1. The van der Waals surface area contributed by atoms with Gasteiger partial charge in [0.15, 0.2) is 0 Å². The lowest BCUT2D eigenvalue weighted by atomic mass is 10.3. The van der Waals surface area contributed by atoms with E-state index >= 15 is 0 Å². The Balaban J connectivity index is 1.99. The monoisotopic (exact) mass is 275 g/mol. The van der Waals surface area contributed by atoms with E-state index in [-0.39, 0.29) is 0 Å². The Labute approximate surface area is 113 Å². The minimum absolute atomic E-state index is 0.542. The highest BCUT2D eigenvalue weighted by Crippen LogP contribution is 2.31. The van der Waals surface area contributed by atoms with Gasteiger partial charge >= 0.3 is 0 Å². The van der Waals surface area contributed by atoms with Gasteiger partial charge in [0.2, 0.25) is 0 Å². The summed E-state index contributed by atoms with van der Waals surface area (Å²) in [4.78, 5) is 4.55. The minimum atomic E-state index is 0.542. The summed E-state index contributed by atoms with van der Waals surface area (Å²) in [7, 11) is 1.65. The lowest BCUT2D eigenvalue weighted by Crippen LogP contribution is -2.10. The third-order valence-corrected chi connectivity index (χ3v) is 3.75. The zero-order chi connectivity index (χ0) is 13.2. The summed E-state index contributed by atoms with van der Waals surface area (Å²) in [6, 6.07) is 5.82. The molecule has 0 saturated carbocycles. The smallest absolute Gasteiger partial charge is 0.146 e. The maximum absolute atomic E-state index is 5.49. The van der Waals surface area contributed by atoms with E-state index in [4.69, 9.17) is 10.5 Å². The first-order valence-electron chi connectivity index (χ1n) is 5.85. The first-order chi connectivity index (χ1) is 9.30. The van der Waals surface area contributed by atoms with Crippen LogP contribution in [0.5, 0.6) is 5.75 Å². The zero-order valence-electron chi connectivity index (χ0n) is 10.4. The molecule has 2 N–H and O–H groups in total. The summed E-state index contributed by atoms with van der Waals surface area (Å²) >= 11 is 1.57. The molecule has 0 aliphatic heterocycles. The molecule has 3 rings (SSSR count). The van der Waals surface area contributed by atoms with Crippen LogP contribution in [0.1, 0.15) is 0 Å². The molecule has 98 valence electrons. The Morgan fingerprint density at radius 2 is 2.32 bits per heavy atom. The number of thiazole rings is 1. The first-order valence-corrected chi connectivity index (χ1v) is 6.67. The number of hydrogen-bond donors (Lipinski definition) is 1. The number of rotatable bonds is 4. The SMILES string of the molecule is COc1ccc2nc(-c3cn(CCN)nn3)sc2c1. The van der Waals surface area contributed by atoms with Crippen LogP contribution in [0.15, 0.2) is 24.4 Å². The van der Waals surface area contributed by atoms with Crippen molar-refractivity contribution in [1.82, 2.24) is 20.0 Å². The first kappa shape index (κ1) is 12.1. The molecule has 0 atom stereocenters. The molecule has 0 spiro atoms. The van der Waals surface area contributed by atoms with Gasteiger partial charge in [-0.25, -0.2) is 4.98 Å². The second-order valence-electron chi connectivity index (χ2n) is 4.01. The number of aromatic nitrogens is 4. The summed E-state index contributed by atoms with van der Waals surface area (Å²) in [5.41, 5.74) is 7.20. The van der Waals surface area contributed by atoms with E-state index in [2.05, 4.69) is 15.3 Å². The molecular formula is C12H13N5OS. The molecule has 0 fully saturated rings. The molecule has 0 unspecified atom stereocenters. The Kier molecular flexibility index (Phi) is 3.14. The van der Waals surface area contributed by atoms with Crippen LogP contribution < -0.4 is 10.5 Å². The Morgan fingerprint density at radius 1 is 1.42 bits per heavy atom. The Morgan fingerprint density at radius 3 is 3.11 bits per heavy atom. The number of nitrogens with two attached hydrogens (primary N) is 1. The molecule has 7 heteroatoms. The summed E-state index contributed by atoms with van der Waals surface area (Å²) in [5, 5.41) is 8.99. The van der Waals surface area contributed by atoms with Gasteiger partial charge in [-0.05, 0) is 18.2 Å². The molecule has 3 aromatic rings. The van der Waals surface area contributed by atoms with Gasteiger partial charge in [0.1, 0.15) is 16.5 Å². The van der Waals surface area contributed by atoms with Crippen molar-refractivity contribution in [3.63, 3.8) is 0 Å². The molecule has 2 aromatic heterocycles. The summed E-state index contributed by atoms with van der Waals surface area (Å²) in [6.07, 6.45) is 1.86. The highest BCUT2D eigenvalue weighted by molar-refractivity contribution is 7.21. The van der Waals surface area contributed by atoms with Gasteiger partial charge in [-0.2, -0.15) is 0 Å². The van der Waals surface area contributed by atoms with Crippen LogP contribution in [-0.4, -0.2) is 33.6 Å². The van der Waals surface area contributed by atoms with Crippen LogP contribution in [-0.2, 0) is 6.54 Å². The second kappa shape index (κ2) is 4.94. The molecule has 0 aliphatic carbocycles. The fourth-order valence-corrected chi connectivity index (χ4v) is 2.72. The van der Waals surface area contributed by atoms with E-state index in [1.165, 1.54) is 0 Å². The maximum Gasteiger partial charge on any atom is 0.146 e. The van der Waals surface area contributed by atoms with Crippen molar-refractivity contribution in [2.24, 2.45) is 5.73 Å². The van der Waals surface area contributed by atoms with Crippen LogP contribution in [0.4, 0.5) is 0 Å². The van der Waals surface area contributed by atoms with Crippen LogP contribution in [0.25, 0.3) is 20.9 Å². The number of benzene rings is 1. The molecule has 0 aliphatic rings. The van der Waals surface area contributed by atoms with E-state index in [1.807, 2.05) is 24.4 Å². The highest BCUT2D eigenvalue weighted by atomic mass is 32.1. The van der Waals surface area contributed by atoms with Crippen molar-refractivity contribution < 1.29 is 4.74 Å². The average molecular weight is 275 g/mol. The quantitative estimate of drug-likeness (QED) is 0.781. The van der Waals surface area contributed by atoms with Gasteiger partial charge in [-0.3, -0.25) is 4.68 Å². The van der Waals surface area contributed by atoms with Gasteiger partial charge in [-0.1, -0.05) is 5.21 Å². The van der Waals surface area contributed by atoms with Gasteiger partial charge in [0, 0.05) is 6.54 Å². The van der Waals surface area contributed by atoms with Crippen LogP contribution in [0.3, 0.4) is 0 Å². The molecule has 0 radical (unpaired) electrons. The van der Waals surface area contributed by atoms with Crippen molar-refractivity contribution in [3.05, 3.63) is 24.4 Å². The van der Waals surface area contributed by atoms with E-state index in [0.717, 1.165) is 26.7 Å². The average Bonchev–Trinajstić information content (AvgIpc) is 3.03. The normalized spacial score (nSPS) is 11.1. The van der Waals surface area contributed by atoms with Gasteiger partial charge in [-0.15, -0.1) is 16.4 Å². The molecule has 19 heavy (non-hydrogen) atoms. The molecule has 0 saturated heterocycles. The second-order valence-corrected chi connectivity index (χ2v) is 5.04. The van der Waals surface area contributed by atoms with Crippen molar-refractivity contribution in [2.75, 3.05) is 13.7 Å². The van der Waals surface area contributed by atoms with Crippen LogP contribution >= 0.6 is 11.3 Å². The third kappa shape index (κ3) is 2.29. The molecule has 2 heterocycles. The fraction of sp³-hybridized carbons (Fsp3) is 0.250. The van der Waals surface area contributed by atoms with E-state index < -0.39 is 0 Å². The van der Waals surface area contributed by atoms with Crippen LogP contribution in [0, 0.1) is 0 Å². The van der Waals surface area contributed by atoms with Gasteiger partial charge in [0.05, 0.1) is 30.1 Å². The van der Waals surface area contributed by atoms with Crippen LogP contribution in [0.2, 0.25) is 0 Å². The summed E-state index contributed by atoms with van der Waals surface area (Å²) in [6.45, 7) is 1.20.